The molecule has 7 heteroatoms. The van der Waals surface area contributed by atoms with Crippen LogP contribution in [0.3, 0.4) is 0 Å². The summed E-state index contributed by atoms with van der Waals surface area (Å²) in [5.74, 6) is -0.121. The number of carbonyl (C=O) groups excluding carboxylic acids is 2. The number of nitrogens with one attached hydrogen (secondary N) is 1. The molecular weight excluding hydrogens is 488 g/mol. The van der Waals surface area contributed by atoms with Crippen LogP contribution in [0.25, 0.3) is 21.5 Å². The third kappa shape index (κ3) is 4.58. The molecular formula is C29H30N2O3S2. The highest BCUT2D eigenvalue weighted by molar-refractivity contribution is 7.17. The zero-order valence-corrected chi connectivity index (χ0v) is 22.9. The second-order valence-corrected chi connectivity index (χ2v) is 12.8. The molecule has 0 saturated heterocycles. The van der Waals surface area contributed by atoms with Crippen LogP contribution >= 0.6 is 22.7 Å². The topological polar surface area (TPSA) is 68.3 Å². The van der Waals surface area contributed by atoms with Crippen molar-refractivity contribution in [1.82, 2.24) is 4.98 Å². The van der Waals surface area contributed by atoms with Gasteiger partial charge in [0, 0.05) is 15.1 Å². The maximum atomic E-state index is 13.7. The summed E-state index contributed by atoms with van der Waals surface area (Å²) in [5.41, 5.74) is 3.78. The van der Waals surface area contributed by atoms with Gasteiger partial charge in [-0.05, 0) is 67.3 Å². The summed E-state index contributed by atoms with van der Waals surface area (Å²) in [7, 11) is 1.39. The molecule has 3 heterocycles. The lowest BCUT2D eigenvalue weighted by Gasteiger charge is -2.33. The van der Waals surface area contributed by atoms with Crippen LogP contribution in [-0.4, -0.2) is 24.0 Å². The highest BCUT2D eigenvalue weighted by Gasteiger charge is 2.34. The van der Waals surface area contributed by atoms with Crippen molar-refractivity contribution in [1.29, 1.82) is 0 Å². The van der Waals surface area contributed by atoms with E-state index in [1.54, 1.807) is 11.3 Å². The van der Waals surface area contributed by atoms with E-state index < -0.39 is 5.97 Å². The third-order valence-corrected chi connectivity index (χ3v) is 9.25. The van der Waals surface area contributed by atoms with E-state index >= 15 is 0 Å². The Morgan fingerprint density at radius 2 is 1.89 bits per heavy atom. The fraction of sp³-hybridized carbons (Fsp3) is 0.345. The van der Waals surface area contributed by atoms with Gasteiger partial charge in [0.2, 0.25) is 0 Å². The Hall–Kier alpha value is -3.03. The van der Waals surface area contributed by atoms with Crippen molar-refractivity contribution in [2.45, 2.75) is 47.0 Å². The van der Waals surface area contributed by atoms with Crippen LogP contribution in [0.2, 0.25) is 0 Å². The molecule has 1 unspecified atom stereocenters. The molecule has 0 saturated carbocycles. The Morgan fingerprint density at radius 3 is 2.58 bits per heavy atom. The van der Waals surface area contributed by atoms with Crippen LogP contribution in [0.5, 0.6) is 0 Å². The van der Waals surface area contributed by atoms with Crippen molar-refractivity contribution in [2.75, 3.05) is 12.4 Å². The summed E-state index contributed by atoms with van der Waals surface area (Å²) >= 11 is 3.16. The first-order chi connectivity index (χ1) is 17.2. The number of hydrogen-bond acceptors (Lipinski definition) is 6. The van der Waals surface area contributed by atoms with E-state index in [0.717, 1.165) is 46.3 Å². The van der Waals surface area contributed by atoms with Crippen LogP contribution in [0, 0.1) is 18.3 Å². The molecule has 0 fully saturated rings. The van der Waals surface area contributed by atoms with Crippen LogP contribution in [0.1, 0.15) is 63.2 Å². The number of amides is 1. The molecule has 4 aromatic rings. The van der Waals surface area contributed by atoms with Crippen LogP contribution in [-0.2, 0) is 17.6 Å². The van der Waals surface area contributed by atoms with E-state index in [4.69, 9.17) is 9.72 Å². The molecule has 186 valence electrons. The summed E-state index contributed by atoms with van der Waals surface area (Å²) in [5, 5.41) is 4.43. The number of esters is 1. The number of aryl methyl sites for hydroxylation is 1. The molecule has 3 aromatic heterocycles. The monoisotopic (exact) mass is 518 g/mol. The Labute approximate surface area is 219 Å². The quantitative estimate of drug-likeness (QED) is 0.284. The van der Waals surface area contributed by atoms with Gasteiger partial charge in [-0.3, -0.25) is 4.79 Å². The van der Waals surface area contributed by atoms with Gasteiger partial charge in [-0.2, -0.15) is 0 Å². The van der Waals surface area contributed by atoms with E-state index in [1.165, 1.54) is 28.2 Å². The van der Waals surface area contributed by atoms with E-state index in [1.807, 2.05) is 36.4 Å². The largest absolute Gasteiger partial charge is 0.465 e. The number of para-hydroxylation sites is 1. The number of carbonyl (C=O) groups is 2. The first-order valence-electron chi connectivity index (χ1n) is 12.2. The highest BCUT2D eigenvalue weighted by Crippen LogP contribution is 2.44. The number of rotatable bonds is 4. The molecule has 1 aliphatic rings. The zero-order chi connectivity index (χ0) is 25.6. The molecule has 0 spiro atoms. The van der Waals surface area contributed by atoms with E-state index in [2.05, 4.69) is 39.1 Å². The Bertz CT molecular complexity index is 1480. The van der Waals surface area contributed by atoms with Crippen molar-refractivity contribution in [2.24, 2.45) is 11.3 Å². The first kappa shape index (κ1) is 24.7. The number of benzene rings is 1. The smallest absolute Gasteiger partial charge is 0.341 e. The highest BCUT2D eigenvalue weighted by atomic mass is 32.1. The maximum absolute atomic E-state index is 13.7. The van der Waals surface area contributed by atoms with Gasteiger partial charge in [0.05, 0.1) is 34.3 Å². The molecule has 36 heavy (non-hydrogen) atoms. The number of anilines is 1. The summed E-state index contributed by atoms with van der Waals surface area (Å²) in [6.07, 6.45) is 2.74. The number of pyridine rings is 1. The second kappa shape index (κ2) is 9.45. The summed E-state index contributed by atoms with van der Waals surface area (Å²) in [6, 6.07) is 13.6. The van der Waals surface area contributed by atoms with Gasteiger partial charge in [0.1, 0.15) is 5.00 Å². The summed E-state index contributed by atoms with van der Waals surface area (Å²) in [4.78, 5) is 34.8. The van der Waals surface area contributed by atoms with Crippen LogP contribution < -0.4 is 5.32 Å². The molecule has 1 aromatic carbocycles. The number of ether oxygens (including phenoxy) is 1. The average molecular weight is 519 g/mol. The van der Waals surface area contributed by atoms with Crippen molar-refractivity contribution in [3.05, 3.63) is 68.9 Å². The van der Waals surface area contributed by atoms with Crippen molar-refractivity contribution >= 4 is 50.5 Å². The number of aromatic nitrogens is 1. The lowest BCUT2D eigenvalue weighted by molar-refractivity contribution is 0.0600. The summed E-state index contributed by atoms with van der Waals surface area (Å²) < 4.78 is 5.14. The van der Waals surface area contributed by atoms with Gasteiger partial charge < -0.3 is 10.1 Å². The zero-order valence-electron chi connectivity index (χ0n) is 21.2. The molecule has 0 aliphatic heterocycles. The van der Waals surface area contributed by atoms with Gasteiger partial charge in [-0.25, -0.2) is 9.78 Å². The molecule has 5 rings (SSSR count). The molecule has 1 aliphatic carbocycles. The van der Waals surface area contributed by atoms with Gasteiger partial charge in [-0.1, -0.05) is 39.0 Å². The Kier molecular flexibility index (Phi) is 6.47. The van der Waals surface area contributed by atoms with Crippen LogP contribution in [0.15, 0.2) is 42.5 Å². The van der Waals surface area contributed by atoms with Gasteiger partial charge >= 0.3 is 5.97 Å². The van der Waals surface area contributed by atoms with Gasteiger partial charge in [-0.15, -0.1) is 22.7 Å². The van der Waals surface area contributed by atoms with Crippen LogP contribution in [0.4, 0.5) is 5.00 Å². The second-order valence-electron chi connectivity index (χ2n) is 10.4. The minimum Gasteiger partial charge on any atom is -0.465 e. The number of methoxy groups -OCH3 is 1. The maximum Gasteiger partial charge on any atom is 0.341 e. The standard InChI is InChI=1S/C29H30N2O3S2/c1-16-10-13-23(35-16)22-15-20(18-8-6-7-9-21(18)30-22)26(32)31-27-25(28(33)34-5)19-12-11-17(29(2,3)4)14-24(19)36-27/h6-10,13,15,17H,11-12,14H2,1-5H3,(H,31,32). The lowest BCUT2D eigenvalue weighted by Crippen LogP contribution is -2.26. The van der Waals surface area contributed by atoms with Crippen molar-refractivity contribution < 1.29 is 14.3 Å². The number of nitrogens with zero attached hydrogens (tertiary/aromatic N) is 1. The first-order valence-corrected chi connectivity index (χ1v) is 13.8. The molecule has 0 bridgehead atoms. The van der Waals surface area contributed by atoms with Gasteiger partial charge in [0.15, 0.2) is 0 Å². The van der Waals surface area contributed by atoms with Crippen molar-refractivity contribution in [3.63, 3.8) is 0 Å². The fourth-order valence-electron chi connectivity index (χ4n) is 4.96. The summed E-state index contributed by atoms with van der Waals surface area (Å²) in [6.45, 7) is 8.85. The number of thiophene rings is 2. The number of fused-ring (bicyclic) bond motifs is 2. The fourth-order valence-corrected chi connectivity index (χ4v) is 7.10. The molecule has 5 nitrogen and oxygen atoms in total. The normalized spacial score (nSPS) is 15.5. The minimum atomic E-state index is -0.397. The Balaban J connectivity index is 1.56. The molecule has 1 atom stereocenters. The van der Waals surface area contributed by atoms with Crippen molar-refractivity contribution in [3.8, 4) is 10.6 Å². The molecule has 0 radical (unpaired) electrons. The number of hydrogen-bond donors (Lipinski definition) is 1. The lowest BCUT2D eigenvalue weighted by atomic mass is 9.72. The van der Waals surface area contributed by atoms with Gasteiger partial charge in [0.25, 0.3) is 5.91 Å². The Morgan fingerprint density at radius 1 is 1.11 bits per heavy atom. The van der Waals surface area contributed by atoms with E-state index in [9.17, 15) is 9.59 Å². The predicted molar refractivity (Wildman–Crippen MR) is 148 cm³/mol. The van der Waals surface area contributed by atoms with E-state index in [-0.39, 0.29) is 11.3 Å². The minimum absolute atomic E-state index is 0.184. The van der Waals surface area contributed by atoms with E-state index in [0.29, 0.717) is 22.0 Å². The SMILES string of the molecule is COC(=O)c1c(NC(=O)c2cc(-c3ccc(C)s3)nc3ccccc23)sc2c1CCC(C(C)(C)C)C2. The molecule has 1 N–H and O–H groups in total. The predicted octanol–water partition coefficient (Wildman–Crippen LogP) is 7.52. The average Bonchev–Trinajstić information content (AvgIpc) is 3.44. The molecule has 1 amide bonds. The third-order valence-electron chi connectivity index (χ3n) is 7.06.